The number of carbonyl (C=O) groups is 3. The molecular formula is C26H29FN2O3. The highest BCUT2D eigenvalue weighted by molar-refractivity contribution is 6.37. The van der Waals surface area contributed by atoms with Crippen LogP contribution in [-0.2, 0) is 14.4 Å². The molecule has 1 heterocycles. The van der Waals surface area contributed by atoms with E-state index in [4.69, 9.17) is 0 Å². The maximum absolute atomic E-state index is 14.2. The molecule has 168 valence electrons. The highest BCUT2D eigenvalue weighted by Gasteiger charge is 2.45. The number of hydrogen-bond donors (Lipinski definition) is 1. The van der Waals surface area contributed by atoms with Crippen LogP contribution in [0.3, 0.4) is 0 Å². The maximum atomic E-state index is 14.2. The van der Waals surface area contributed by atoms with Crippen molar-refractivity contribution in [3.8, 4) is 0 Å². The summed E-state index contributed by atoms with van der Waals surface area (Å²) >= 11 is 0. The molecule has 5 nitrogen and oxygen atoms in total. The molecule has 2 aromatic carbocycles. The van der Waals surface area contributed by atoms with Gasteiger partial charge in [0.15, 0.2) is 0 Å². The predicted octanol–water partition coefficient (Wildman–Crippen LogP) is 3.93. The first kappa shape index (κ1) is 22.2. The first-order valence-corrected chi connectivity index (χ1v) is 11.3. The number of carbonyl (C=O) groups excluding carboxylic acids is 3. The molecule has 4 rings (SSSR count). The summed E-state index contributed by atoms with van der Waals surface area (Å²) in [6.07, 6.45) is -0.0288. The first-order chi connectivity index (χ1) is 15.3. The van der Waals surface area contributed by atoms with E-state index >= 15 is 0 Å². The largest absolute Gasteiger partial charge is 0.343 e. The molecule has 6 heteroatoms. The maximum Gasteiger partial charge on any atom is 0.291 e. The molecule has 32 heavy (non-hydrogen) atoms. The molecule has 2 amide bonds. The van der Waals surface area contributed by atoms with Crippen molar-refractivity contribution in [1.29, 1.82) is 0 Å². The minimum atomic E-state index is -1.32. The number of alkyl halides is 1. The number of Topliss-reactive ketones (excluding diaryl/α,β-unsaturated/α-hetero) is 1. The number of nitrogens with one attached hydrogen (secondary N) is 1. The lowest BCUT2D eigenvalue weighted by Crippen LogP contribution is -2.49. The van der Waals surface area contributed by atoms with E-state index in [0.717, 1.165) is 16.0 Å². The molecule has 3 atom stereocenters. The van der Waals surface area contributed by atoms with Crippen LogP contribution in [0.1, 0.15) is 61.8 Å². The minimum absolute atomic E-state index is 0.0939. The molecule has 1 aliphatic carbocycles. The topological polar surface area (TPSA) is 66.5 Å². The molecule has 0 aromatic heterocycles. The van der Waals surface area contributed by atoms with E-state index in [-0.39, 0.29) is 18.9 Å². The third-order valence-corrected chi connectivity index (χ3v) is 6.33. The lowest BCUT2D eigenvalue weighted by Gasteiger charge is -2.26. The Labute approximate surface area is 188 Å². The van der Waals surface area contributed by atoms with Gasteiger partial charge < -0.3 is 10.2 Å². The van der Waals surface area contributed by atoms with Gasteiger partial charge in [-0.2, -0.15) is 0 Å². The summed E-state index contributed by atoms with van der Waals surface area (Å²) in [5.41, 5.74) is 2.98. The molecule has 2 fully saturated rings. The van der Waals surface area contributed by atoms with Gasteiger partial charge in [-0.1, -0.05) is 68.4 Å². The van der Waals surface area contributed by atoms with Crippen LogP contribution in [0.2, 0.25) is 0 Å². The summed E-state index contributed by atoms with van der Waals surface area (Å²) in [5, 5.41) is 3.02. The fourth-order valence-electron chi connectivity index (χ4n) is 4.24. The molecule has 1 saturated carbocycles. The zero-order chi connectivity index (χ0) is 22.8. The SMILES string of the molecule is CC(C)c1ccc(C(NC(=O)C2CC(F)CN2C(=O)C(=O)C2CC2)c2ccccc2)cc1. The van der Waals surface area contributed by atoms with Crippen LogP contribution in [0.15, 0.2) is 54.6 Å². The van der Waals surface area contributed by atoms with Crippen LogP contribution < -0.4 is 5.32 Å². The minimum Gasteiger partial charge on any atom is -0.343 e. The van der Waals surface area contributed by atoms with Crippen molar-refractivity contribution in [2.45, 2.75) is 57.3 Å². The Morgan fingerprint density at radius 1 is 0.938 bits per heavy atom. The van der Waals surface area contributed by atoms with Crippen molar-refractivity contribution in [3.05, 3.63) is 71.3 Å². The Balaban J connectivity index is 1.57. The summed E-state index contributed by atoms with van der Waals surface area (Å²) in [7, 11) is 0. The van der Waals surface area contributed by atoms with Crippen molar-refractivity contribution < 1.29 is 18.8 Å². The van der Waals surface area contributed by atoms with Gasteiger partial charge in [-0.25, -0.2) is 4.39 Å². The van der Waals surface area contributed by atoms with Gasteiger partial charge in [0, 0.05) is 12.3 Å². The standard InChI is InChI=1S/C26H29FN2O3/c1-16(2)17-8-10-19(11-9-17)23(18-6-4-3-5-7-18)28-25(31)22-14-21(27)15-29(22)26(32)24(30)20-12-13-20/h3-11,16,20-23H,12-15H2,1-2H3,(H,28,31). The summed E-state index contributed by atoms with van der Waals surface area (Å²) in [6.45, 7) is 4.02. The summed E-state index contributed by atoms with van der Waals surface area (Å²) < 4.78 is 14.2. The average Bonchev–Trinajstić information content (AvgIpc) is 3.58. The van der Waals surface area contributed by atoms with Crippen LogP contribution in [0.5, 0.6) is 0 Å². The van der Waals surface area contributed by atoms with Crippen LogP contribution in [0.25, 0.3) is 0 Å². The highest BCUT2D eigenvalue weighted by Crippen LogP contribution is 2.32. The molecule has 1 aliphatic heterocycles. The summed E-state index contributed by atoms with van der Waals surface area (Å²) in [4.78, 5) is 39.3. The number of rotatable bonds is 7. The Morgan fingerprint density at radius 2 is 1.53 bits per heavy atom. The van der Waals surface area contributed by atoms with Gasteiger partial charge in [-0.3, -0.25) is 14.4 Å². The molecule has 3 unspecified atom stereocenters. The number of nitrogens with zero attached hydrogens (tertiary/aromatic N) is 1. The first-order valence-electron chi connectivity index (χ1n) is 11.3. The number of ketones is 1. The molecule has 1 saturated heterocycles. The number of likely N-dealkylation sites (tertiary alicyclic amines) is 1. The Morgan fingerprint density at radius 3 is 2.12 bits per heavy atom. The Bertz CT molecular complexity index is 986. The van der Waals surface area contributed by atoms with Crippen molar-refractivity contribution in [1.82, 2.24) is 10.2 Å². The van der Waals surface area contributed by atoms with Crippen molar-refractivity contribution in [3.63, 3.8) is 0 Å². The number of hydrogen-bond acceptors (Lipinski definition) is 3. The van der Waals surface area contributed by atoms with Gasteiger partial charge in [0.2, 0.25) is 11.7 Å². The lowest BCUT2D eigenvalue weighted by molar-refractivity contribution is -0.148. The van der Waals surface area contributed by atoms with Gasteiger partial charge >= 0.3 is 0 Å². The van der Waals surface area contributed by atoms with Crippen LogP contribution in [-0.4, -0.2) is 41.3 Å². The van der Waals surface area contributed by atoms with Gasteiger partial charge in [-0.05, 0) is 35.4 Å². The summed E-state index contributed by atoms with van der Waals surface area (Å²) in [6, 6.07) is 16.2. The molecule has 2 aliphatic rings. The van der Waals surface area contributed by atoms with Gasteiger partial charge in [0.25, 0.3) is 5.91 Å². The van der Waals surface area contributed by atoms with E-state index in [9.17, 15) is 18.8 Å². The molecule has 0 spiro atoms. The lowest BCUT2D eigenvalue weighted by atomic mass is 9.95. The predicted molar refractivity (Wildman–Crippen MR) is 120 cm³/mol. The normalized spacial score (nSPS) is 21.4. The van der Waals surface area contributed by atoms with Crippen molar-refractivity contribution in [2.75, 3.05) is 6.54 Å². The molecule has 0 radical (unpaired) electrons. The number of halogens is 1. The number of amides is 2. The zero-order valence-electron chi connectivity index (χ0n) is 18.5. The second kappa shape index (κ2) is 9.23. The Kier molecular flexibility index (Phi) is 6.40. The molecule has 1 N–H and O–H groups in total. The second-order valence-electron chi connectivity index (χ2n) is 9.12. The fourth-order valence-corrected chi connectivity index (χ4v) is 4.24. The van der Waals surface area contributed by atoms with E-state index in [1.807, 2.05) is 54.6 Å². The summed E-state index contributed by atoms with van der Waals surface area (Å²) in [5.74, 6) is -1.55. The van der Waals surface area contributed by atoms with Gasteiger partial charge in [-0.15, -0.1) is 0 Å². The monoisotopic (exact) mass is 436 g/mol. The van der Waals surface area contributed by atoms with E-state index in [1.54, 1.807) is 0 Å². The van der Waals surface area contributed by atoms with E-state index in [0.29, 0.717) is 18.8 Å². The van der Waals surface area contributed by atoms with E-state index in [1.165, 1.54) is 5.56 Å². The van der Waals surface area contributed by atoms with Crippen LogP contribution in [0.4, 0.5) is 4.39 Å². The third-order valence-electron chi connectivity index (χ3n) is 6.33. The zero-order valence-corrected chi connectivity index (χ0v) is 18.5. The third kappa shape index (κ3) is 4.74. The van der Waals surface area contributed by atoms with E-state index < -0.39 is 35.9 Å². The molecular weight excluding hydrogens is 407 g/mol. The smallest absolute Gasteiger partial charge is 0.291 e. The van der Waals surface area contributed by atoms with Crippen LogP contribution in [0, 0.1) is 5.92 Å². The molecule has 2 aromatic rings. The molecule has 0 bridgehead atoms. The van der Waals surface area contributed by atoms with E-state index in [2.05, 4.69) is 19.2 Å². The van der Waals surface area contributed by atoms with Gasteiger partial charge in [0.1, 0.15) is 12.2 Å². The van der Waals surface area contributed by atoms with Crippen molar-refractivity contribution >= 4 is 17.6 Å². The number of benzene rings is 2. The average molecular weight is 437 g/mol. The fraction of sp³-hybridized carbons (Fsp3) is 0.423. The Hall–Kier alpha value is -3.02. The van der Waals surface area contributed by atoms with Gasteiger partial charge in [0.05, 0.1) is 12.6 Å². The van der Waals surface area contributed by atoms with Crippen molar-refractivity contribution in [2.24, 2.45) is 5.92 Å². The highest BCUT2D eigenvalue weighted by atomic mass is 19.1. The quantitative estimate of drug-likeness (QED) is 0.669. The van der Waals surface area contributed by atoms with Crippen LogP contribution >= 0.6 is 0 Å². The second-order valence-corrected chi connectivity index (χ2v) is 9.12.